The highest BCUT2D eigenvalue weighted by atomic mass is 16.2. The molecule has 1 amide bonds. The Balaban J connectivity index is 1.74. The van der Waals surface area contributed by atoms with Crippen LogP contribution in [0.2, 0.25) is 0 Å². The van der Waals surface area contributed by atoms with Crippen molar-refractivity contribution in [3.8, 4) is 0 Å². The van der Waals surface area contributed by atoms with Crippen molar-refractivity contribution in [2.45, 2.75) is 25.8 Å². The lowest BCUT2D eigenvalue weighted by Gasteiger charge is -2.21. The van der Waals surface area contributed by atoms with E-state index in [9.17, 15) is 4.79 Å². The van der Waals surface area contributed by atoms with Gasteiger partial charge in [-0.25, -0.2) is 5.84 Å². The Bertz CT molecular complexity index is 811. The maximum Gasteiger partial charge on any atom is 0.243 e. The standard InChI is InChI=1S/C16H25N9O/c1-9(15(26)19-2)25(18)8-12(17)22-16-23-13-11(5-6-20-13)14(24-16)21-7-10-3-4-10/h5-6,8-10H,3-4,7,17-18H2,1-2H3,(H,19,26)(H3,20,21,22,23,24)/b12-8+. The maximum atomic E-state index is 11.6. The predicted octanol–water partition coefficient (Wildman–Crippen LogP) is 0.260. The number of nitrogens with zero attached hydrogens (tertiary/aromatic N) is 3. The molecule has 10 heteroatoms. The van der Waals surface area contributed by atoms with Crippen molar-refractivity contribution >= 4 is 28.7 Å². The van der Waals surface area contributed by atoms with Gasteiger partial charge in [0.1, 0.15) is 23.3 Å². The fraction of sp³-hybridized carbons (Fsp3) is 0.438. The van der Waals surface area contributed by atoms with Gasteiger partial charge in [0, 0.05) is 19.8 Å². The van der Waals surface area contributed by atoms with Crippen LogP contribution in [-0.2, 0) is 4.79 Å². The normalized spacial score (nSPS) is 15.6. The number of H-pyrrole nitrogens is 1. The third-order valence-corrected chi connectivity index (χ3v) is 4.29. The third kappa shape index (κ3) is 4.14. The molecule has 1 aliphatic rings. The smallest absolute Gasteiger partial charge is 0.243 e. The van der Waals surface area contributed by atoms with Gasteiger partial charge < -0.3 is 31.7 Å². The molecule has 1 aliphatic carbocycles. The van der Waals surface area contributed by atoms with Crippen LogP contribution in [0.25, 0.3) is 11.0 Å². The molecule has 3 rings (SSSR count). The minimum Gasteiger partial charge on any atom is -0.384 e. The highest BCUT2D eigenvalue weighted by molar-refractivity contribution is 5.88. The summed E-state index contributed by atoms with van der Waals surface area (Å²) < 4.78 is 0. The highest BCUT2D eigenvalue weighted by Crippen LogP contribution is 2.30. The van der Waals surface area contributed by atoms with Gasteiger partial charge in [-0.1, -0.05) is 0 Å². The van der Waals surface area contributed by atoms with E-state index in [1.165, 1.54) is 24.1 Å². The molecule has 140 valence electrons. The molecule has 2 heterocycles. The van der Waals surface area contributed by atoms with E-state index in [2.05, 4.69) is 30.9 Å². The zero-order valence-electron chi connectivity index (χ0n) is 14.9. The van der Waals surface area contributed by atoms with Gasteiger partial charge in [-0.2, -0.15) is 9.97 Å². The molecule has 2 aromatic heterocycles. The Morgan fingerprint density at radius 2 is 2.27 bits per heavy atom. The fourth-order valence-electron chi connectivity index (χ4n) is 2.47. The van der Waals surface area contributed by atoms with E-state index in [1.54, 1.807) is 14.0 Å². The number of nitrogens with one attached hydrogen (secondary N) is 4. The molecular weight excluding hydrogens is 334 g/mol. The number of aromatic amines is 1. The van der Waals surface area contributed by atoms with Crippen LogP contribution in [0.15, 0.2) is 24.3 Å². The number of anilines is 2. The predicted molar refractivity (Wildman–Crippen MR) is 101 cm³/mol. The van der Waals surface area contributed by atoms with Crippen molar-refractivity contribution in [2.24, 2.45) is 17.5 Å². The average Bonchev–Trinajstić information content (AvgIpc) is 3.33. The lowest BCUT2D eigenvalue weighted by atomic mass is 10.3. The summed E-state index contributed by atoms with van der Waals surface area (Å²) in [5, 5.41) is 11.0. The lowest BCUT2D eigenvalue weighted by molar-refractivity contribution is -0.124. The van der Waals surface area contributed by atoms with Gasteiger partial charge in [-0.15, -0.1) is 0 Å². The number of carbonyl (C=O) groups excluding carboxylic acids is 1. The van der Waals surface area contributed by atoms with Crippen LogP contribution in [0, 0.1) is 5.92 Å². The first kappa shape index (κ1) is 17.8. The molecule has 26 heavy (non-hydrogen) atoms. The van der Waals surface area contributed by atoms with Crippen molar-refractivity contribution in [1.29, 1.82) is 0 Å². The Hall–Kier alpha value is -3.01. The lowest BCUT2D eigenvalue weighted by Crippen LogP contribution is -2.45. The van der Waals surface area contributed by atoms with E-state index in [0.717, 1.165) is 23.7 Å². The number of likely N-dealkylation sites (N-methyl/N-ethyl adjacent to an activating group) is 1. The molecule has 10 nitrogen and oxygen atoms in total. The molecule has 1 saturated carbocycles. The number of hydrogen-bond acceptors (Lipinski definition) is 8. The molecule has 2 aromatic rings. The molecular formula is C16H25N9O. The number of hydrazine groups is 1. The molecule has 1 fully saturated rings. The minimum atomic E-state index is -0.567. The topological polar surface area (TPSA) is 150 Å². The van der Waals surface area contributed by atoms with Crippen LogP contribution in [0.3, 0.4) is 0 Å². The first-order chi connectivity index (χ1) is 12.5. The molecule has 0 aliphatic heterocycles. The molecule has 0 aromatic carbocycles. The second kappa shape index (κ2) is 7.48. The van der Waals surface area contributed by atoms with Gasteiger partial charge in [0.2, 0.25) is 11.9 Å². The van der Waals surface area contributed by atoms with Crippen molar-refractivity contribution < 1.29 is 4.79 Å². The van der Waals surface area contributed by atoms with Crippen molar-refractivity contribution in [3.05, 3.63) is 24.3 Å². The van der Waals surface area contributed by atoms with E-state index in [1.807, 2.05) is 12.3 Å². The van der Waals surface area contributed by atoms with Crippen LogP contribution >= 0.6 is 0 Å². The Labute approximate surface area is 151 Å². The molecule has 0 spiro atoms. The number of hydrogen-bond donors (Lipinski definition) is 6. The van der Waals surface area contributed by atoms with Crippen LogP contribution in [0.4, 0.5) is 11.8 Å². The van der Waals surface area contributed by atoms with Gasteiger partial charge in [0.25, 0.3) is 0 Å². The summed E-state index contributed by atoms with van der Waals surface area (Å²) >= 11 is 0. The van der Waals surface area contributed by atoms with Crippen LogP contribution in [-0.4, -0.2) is 45.5 Å². The van der Waals surface area contributed by atoms with E-state index >= 15 is 0 Å². The average molecular weight is 359 g/mol. The number of nitrogens with two attached hydrogens (primary N) is 2. The number of carbonyl (C=O) groups is 1. The third-order valence-electron chi connectivity index (χ3n) is 4.29. The van der Waals surface area contributed by atoms with Crippen molar-refractivity contribution in [2.75, 3.05) is 24.2 Å². The molecule has 1 unspecified atom stereocenters. The second-order valence-electron chi connectivity index (χ2n) is 6.41. The summed E-state index contributed by atoms with van der Waals surface area (Å²) in [5.74, 6) is 7.68. The zero-order chi connectivity index (χ0) is 18.7. The van der Waals surface area contributed by atoms with Gasteiger partial charge in [-0.3, -0.25) is 4.79 Å². The Morgan fingerprint density at radius 3 is 2.96 bits per heavy atom. The van der Waals surface area contributed by atoms with E-state index in [0.29, 0.717) is 11.6 Å². The summed E-state index contributed by atoms with van der Waals surface area (Å²) in [6.07, 6.45) is 5.76. The number of aromatic nitrogens is 3. The van der Waals surface area contributed by atoms with E-state index in [4.69, 9.17) is 11.6 Å². The van der Waals surface area contributed by atoms with Gasteiger partial charge >= 0.3 is 0 Å². The summed E-state index contributed by atoms with van der Waals surface area (Å²) in [4.78, 5) is 23.6. The van der Waals surface area contributed by atoms with Gasteiger partial charge in [0.15, 0.2) is 0 Å². The molecule has 0 radical (unpaired) electrons. The quantitative estimate of drug-likeness (QED) is 0.290. The summed E-state index contributed by atoms with van der Waals surface area (Å²) in [5.41, 5.74) is 6.68. The molecule has 0 saturated heterocycles. The van der Waals surface area contributed by atoms with Gasteiger partial charge in [0.05, 0.1) is 11.6 Å². The summed E-state index contributed by atoms with van der Waals surface area (Å²) in [6, 6.07) is 1.36. The van der Waals surface area contributed by atoms with Gasteiger partial charge in [-0.05, 0) is 31.7 Å². The fourth-order valence-corrected chi connectivity index (χ4v) is 2.47. The zero-order valence-corrected chi connectivity index (χ0v) is 14.9. The minimum absolute atomic E-state index is 0.216. The van der Waals surface area contributed by atoms with Crippen LogP contribution in [0.5, 0.6) is 0 Å². The first-order valence-electron chi connectivity index (χ1n) is 8.56. The Kier molecular flexibility index (Phi) is 5.12. The number of rotatable bonds is 8. The Morgan fingerprint density at radius 1 is 1.50 bits per heavy atom. The van der Waals surface area contributed by atoms with Crippen molar-refractivity contribution in [1.82, 2.24) is 25.3 Å². The highest BCUT2D eigenvalue weighted by Gasteiger charge is 2.21. The first-order valence-corrected chi connectivity index (χ1v) is 8.56. The second-order valence-corrected chi connectivity index (χ2v) is 6.41. The van der Waals surface area contributed by atoms with E-state index < -0.39 is 6.04 Å². The number of amides is 1. The largest absolute Gasteiger partial charge is 0.384 e. The molecule has 0 bridgehead atoms. The number of fused-ring (bicyclic) bond motifs is 1. The van der Waals surface area contributed by atoms with Crippen molar-refractivity contribution in [3.63, 3.8) is 0 Å². The molecule has 8 N–H and O–H groups in total. The monoisotopic (exact) mass is 359 g/mol. The summed E-state index contributed by atoms with van der Waals surface area (Å²) in [7, 11) is 1.55. The maximum absolute atomic E-state index is 11.6. The van der Waals surface area contributed by atoms with Crippen LogP contribution in [0.1, 0.15) is 19.8 Å². The summed E-state index contributed by atoms with van der Waals surface area (Å²) in [6.45, 7) is 2.56. The SMILES string of the molecule is CNC(=O)C(C)N(N)/C=C(\N)Nc1nc(NCC2CC2)c2cc[nH]c2n1. The van der Waals surface area contributed by atoms with Crippen LogP contribution < -0.4 is 27.5 Å². The molecule has 1 atom stereocenters. The van der Waals surface area contributed by atoms with E-state index in [-0.39, 0.29) is 11.7 Å².